The fourth-order valence-corrected chi connectivity index (χ4v) is 1.13. The maximum absolute atomic E-state index is 5.48. The zero-order chi connectivity index (χ0) is 9.80. The van der Waals surface area contributed by atoms with Gasteiger partial charge < -0.3 is 11.1 Å². The highest BCUT2D eigenvalue weighted by atomic mass is 15.1. The van der Waals surface area contributed by atoms with Crippen LogP contribution in [-0.2, 0) is 6.54 Å². The number of rotatable bonds is 3. The fourth-order valence-electron chi connectivity index (χ4n) is 1.13. The van der Waals surface area contributed by atoms with Gasteiger partial charge in [0.1, 0.15) is 5.82 Å². The van der Waals surface area contributed by atoms with Crippen LogP contribution in [0.2, 0.25) is 0 Å². The topological polar surface area (TPSA) is 79.6 Å². The fraction of sp³-hybridized carbons (Fsp3) is 0.111. The molecule has 5 heteroatoms. The zero-order valence-electron chi connectivity index (χ0n) is 7.57. The second-order valence-corrected chi connectivity index (χ2v) is 2.83. The van der Waals surface area contributed by atoms with E-state index in [2.05, 4.69) is 20.5 Å². The molecule has 0 spiro atoms. The van der Waals surface area contributed by atoms with Crippen molar-refractivity contribution in [2.24, 2.45) is 5.73 Å². The van der Waals surface area contributed by atoms with Crippen LogP contribution in [0.15, 0.2) is 30.6 Å². The molecule has 0 amide bonds. The highest BCUT2D eigenvalue weighted by Crippen LogP contribution is 2.11. The van der Waals surface area contributed by atoms with Crippen LogP contribution in [-0.4, -0.2) is 15.2 Å². The summed E-state index contributed by atoms with van der Waals surface area (Å²) in [7, 11) is 0. The first-order valence-corrected chi connectivity index (χ1v) is 4.30. The maximum Gasteiger partial charge on any atom is 0.130 e. The normalized spacial score (nSPS) is 10.1. The Hall–Kier alpha value is -1.88. The molecule has 0 fully saturated rings. The van der Waals surface area contributed by atoms with E-state index in [1.165, 1.54) is 0 Å². The lowest BCUT2D eigenvalue weighted by Crippen LogP contribution is -2.01. The average Bonchev–Trinajstić information content (AvgIpc) is 2.71. The van der Waals surface area contributed by atoms with Crippen LogP contribution in [0.4, 0.5) is 11.5 Å². The summed E-state index contributed by atoms with van der Waals surface area (Å²) in [5.41, 5.74) is 7.22. The molecule has 0 unspecified atom stereocenters. The van der Waals surface area contributed by atoms with Gasteiger partial charge in [-0.15, -0.1) is 0 Å². The molecular formula is C9H11N5. The minimum atomic E-state index is 0.445. The first kappa shape index (κ1) is 8.71. The van der Waals surface area contributed by atoms with Gasteiger partial charge in [0.25, 0.3) is 0 Å². The van der Waals surface area contributed by atoms with Crippen LogP contribution in [0.3, 0.4) is 0 Å². The van der Waals surface area contributed by atoms with E-state index in [1.54, 1.807) is 12.4 Å². The molecule has 0 atom stereocenters. The molecule has 5 nitrogen and oxygen atoms in total. The number of H-pyrrole nitrogens is 1. The van der Waals surface area contributed by atoms with Crippen molar-refractivity contribution in [3.63, 3.8) is 0 Å². The lowest BCUT2D eigenvalue weighted by Gasteiger charge is -2.03. The number of hydrogen-bond acceptors (Lipinski definition) is 4. The van der Waals surface area contributed by atoms with Crippen LogP contribution < -0.4 is 11.1 Å². The van der Waals surface area contributed by atoms with Gasteiger partial charge in [-0.05, 0) is 12.1 Å². The molecule has 0 radical (unpaired) electrons. The lowest BCUT2D eigenvalue weighted by atomic mass is 10.3. The Morgan fingerprint density at radius 1 is 1.43 bits per heavy atom. The van der Waals surface area contributed by atoms with Crippen LogP contribution in [0, 0.1) is 0 Å². The van der Waals surface area contributed by atoms with Crippen molar-refractivity contribution in [3.8, 4) is 0 Å². The first-order chi connectivity index (χ1) is 6.88. The summed E-state index contributed by atoms with van der Waals surface area (Å²) in [5, 5.41) is 9.63. The molecule has 0 aliphatic heterocycles. The van der Waals surface area contributed by atoms with E-state index in [0.717, 1.165) is 17.2 Å². The van der Waals surface area contributed by atoms with Crippen molar-refractivity contribution in [2.45, 2.75) is 6.54 Å². The lowest BCUT2D eigenvalue weighted by molar-refractivity contribution is 0.993. The van der Waals surface area contributed by atoms with Crippen LogP contribution >= 0.6 is 0 Å². The number of hydrogen-bond donors (Lipinski definition) is 3. The Morgan fingerprint density at radius 2 is 2.36 bits per heavy atom. The predicted molar refractivity (Wildman–Crippen MR) is 54.0 cm³/mol. The summed E-state index contributed by atoms with van der Waals surface area (Å²) >= 11 is 0. The number of nitrogens with one attached hydrogen (secondary N) is 2. The van der Waals surface area contributed by atoms with E-state index in [1.807, 2.05) is 18.2 Å². The number of aromatic nitrogens is 3. The highest BCUT2D eigenvalue weighted by molar-refractivity contribution is 5.53. The van der Waals surface area contributed by atoms with Crippen molar-refractivity contribution in [1.82, 2.24) is 15.2 Å². The molecule has 0 aromatic carbocycles. The number of nitrogens with zero attached hydrogens (tertiary/aromatic N) is 2. The summed E-state index contributed by atoms with van der Waals surface area (Å²) in [5.74, 6) is 0.773. The molecule has 4 N–H and O–H groups in total. The van der Waals surface area contributed by atoms with Gasteiger partial charge in [0, 0.05) is 12.7 Å². The van der Waals surface area contributed by atoms with E-state index < -0.39 is 0 Å². The number of pyridine rings is 1. The monoisotopic (exact) mass is 189 g/mol. The Balaban J connectivity index is 2.17. The van der Waals surface area contributed by atoms with Gasteiger partial charge in [-0.1, -0.05) is 6.07 Å². The standard InChI is InChI=1S/C9H11N5/c10-4-7-2-1-3-9(13-7)14-8-5-11-12-6-8/h1-3,5-6H,4,10H2,(H,11,12)(H,13,14). The van der Waals surface area contributed by atoms with Gasteiger partial charge >= 0.3 is 0 Å². The third-order valence-corrected chi connectivity index (χ3v) is 1.79. The molecule has 0 saturated carbocycles. The van der Waals surface area contributed by atoms with Gasteiger partial charge in [-0.2, -0.15) is 5.10 Å². The van der Waals surface area contributed by atoms with Gasteiger partial charge in [-0.25, -0.2) is 4.98 Å². The van der Waals surface area contributed by atoms with E-state index in [9.17, 15) is 0 Å². The van der Waals surface area contributed by atoms with E-state index in [-0.39, 0.29) is 0 Å². The molecule has 72 valence electrons. The Kier molecular flexibility index (Phi) is 2.42. The second-order valence-electron chi connectivity index (χ2n) is 2.83. The zero-order valence-corrected chi connectivity index (χ0v) is 7.57. The van der Waals surface area contributed by atoms with Gasteiger partial charge in [0.2, 0.25) is 0 Å². The predicted octanol–water partition coefficient (Wildman–Crippen LogP) is 1.01. The molecule has 2 rings (SSSR count). The molecule has 2 aromatic rings. The van der Waals surface area contributed by atoms with E-state index in [4.69, 9.17) is 5.73 Å². The van der Waals surface area contributed by atoms with Crippen molar-refractivity contribution >= 4 is 11.5 Å². The molecule has 2 aromatic heterocycles. The highest BCUT2D eigenvalue weighted by Gasteiger charge is 1.97. The summed E-state index contributed by atoms with van der Waals surface area (Å²) in [4.78, 5) is 4.29. The largest absolute Gasteiger partial charge is 0.338 e. The Bertz CT molecular complexity index is 395. The molecule has 0 saturated heterocycles. The van der Waals surface area contributed by atoms with E-state index in [0.29, 0.717) is 6.54 Å². The summed E-state index contributed by atoms with van der Waals surface area (Å²) in [6.07, 6.45) is 3.45. The van der Waals surface area contributed by atoms with E-state index >= 15 is 0 Å². The molecular weight excluding hydrogens is 178 g/mol. The van der Waals surface area contributed by atoms with Crippen molar-refractivity contribution in [3.05, 3.63) is 36.3 Å². The average molecular weight is 189 g/mol. The summed E-state index contributed by atoms with van der Waals surface area (Å²) < 4.78 is 0. The third-order valence-electron chi connectivity index (χ3n) is 1.79. The molecule has 0 bridgehead atoms. The van der Waals surface area contributed by atoms with Gasteiger partial charge in [0.05, 0.1) is 17.6 Å². The molecule has 0 aliphatic carbocycles. The van der Waals surface area contributed by atoms with Crippen LogP contribution in [0.1, 0.15) is 5.69 Å². The summed E-state index contributed by atoms with van der Waals surface area (Å²) in [6, 6.07) is 5.68. The third kappa shape index (κ3) is 1.89. The second kappa shape index (κ2) is 3.89. The molecule has 2 heterocycles. The molecule has 0 aliphatic rings. The molecule has 14 heavy (non-hydrogen) atoms. The quantitative estimate of drug-likeness (QED) is 0.673. The Labute approximate surface area is 81.4 Å². The van der Waals surface area contributed by atoms with Crippen molar-refractivity contribution in [2.75, 3.05) is 5.32 Å². The summed E-state index contributed by atoms with van der Waals surface area (Å²) in [6.45, 7) is 0.445. The SMILES string of the molecule is NCc1cccc(Nc2cn[nH]c2)n1. The minimum Gasteiger partial charge on any atom is -0.338 e. The Morgan fingerprint density at radius 3 is 3.07 bits per heavy atom. The smallest absolute Gasteiger partial charge is 0.130 e. The number of nitrogens with two attached hydrogens (primary N) is 1. The van der Waals surface area contributed by atoms with Crippen molar-refractivity contribution in [1.29, 1.82) is 0 Å². The van der Waals surface area contributed by atoms with Gasteiger partial charge in [0.15, 0.2) is 0 Å². The van der Waals surface area contributed by atoms with Crippen LogP contribution in [0.25, 0.3) is 0 Å². The first-order valence-electron chi connectivity index (χ1n) is 4.30. The minimum absolute atomic E-state index is 0.445. The van der Waals surface area contributed by atoms with Gasteiger partial charge in [-0.3, -0.25) is 5.10 Å². The number of aromatic amines is 1. The maximum atomic E-state index is 5.48. The number of anilines is 2. The van der Waals surface area contributed by atoms with Crippen LogP contribution in [0.5, 0.6) is 0 Å². The van der Waals surface area contributed by atoms with Crippen molar-refractivity contribution < 1.29 is 0 Å².